The molecule has 3 aromatic rings. The Morgan fingerprint density at radius 1 is 1.26 bits per heavy atom. The number of benzene rings is 2. The summed E-state index contributed by atoms with van der Waals surface area (Å²) in [5.41, 5.74) is 1.37. The summed E-state index contributed by atoms with van der Waals surface area (Å²) in [6, 6.07) is 12.8. The summed E-state index contributed by atoms with van der Waals surface area (Å²) < 4.78 is 19.4. The van der Waals surface area contributed by atoms with Crippen LogP contribution < -0.4 is 5.32 Å². The standard InChI is InChI=1S/C19H16BrFN4O2/c20-13-3-1-4-15(11-13)22-19(26)25-10-2-5-16(25)18-23-17(24-27-18)12-6-8-14(21)9-7-12/h1,3-4,6-9,11,16H,2,5,10H2,(H,22,26). The number of amides is 2. The molecule has 1 N–H and O–H groups in total. The lowest BCUT2D eigenvalue weighted by atomic mass is 10.2. The summed E-state index contributed by atoms with van der Waals surface area (Å²) >= 11 is 3.39. The topological polar surface area (TPSA) is 71.3 Å². The lowest BCUT2D eigenvalue weighted by molar-refractivity contribution is 0.193. The van der Waals surface area contributed by atoms with E-state index in [-0.39, 0.29) is 17.9 Å². The van der Waals surface area contributed by atoms with Gasteiger partial charge in [-0.05, 0) is 55.3 Å². The monoisotopic (exact) mass is 430 g/mol. The van der Waals surface area contributed by atoms with Crippen molar-refractivity contribution in [2.75, 3.05) is 11.9 Å². The first kappa shape index (κ1) is 17.7. The van der Waals surface area contributed by atoms with Crippen molar-refractivity contribution in [3.05, 3.63) is 64.7 Å². The summed E-state index contributed by atoms with van der Waals surface area (Å²) in [4.78, 5) is 18.8. The molecular formula is C19H16BrFN4O2. The number of hydrogen-bond acceptors (Lipinski definition) is 4. The minimum atomic E-state index is -0.325. The Morgan fingerprint density at radius 2 is 2.07 bits per heavy atom. The Labute approximate surface area is 163 Å². The third kappa shape index (κ3) is 3.85. The fourth-order valence-corrected chi connectivity index (χ4v) is 3.51. The predicted molar refractivity (Wildman–Crippen MR) is 102 cm³/mol. The molecule has 1 fully saturated rings. The van der Waals surface area contributed by atoms with Crippen molar-refractivity contribution >= 4 is 27.6 Å². The van der Waals surface area contributed by atoms with Gasteiger partial charge in [0.1, 0.15) is 11.9 Å². The molecule has 1 saturated heterocycles. The van der Waals surface area contributed by atoms with Gasteiger partial charge in [-0.1, -0.05) is 27.2 Å². The SMILES string of the molecule is O=C(Nc1cccc(Br)c1)N1CCCC1c1nc(-c2ccc(F)cc2)no1. The zero-order valence-corrected chi connectivity index (χ0v) is 15.8. The summed E-state index contributed by atoms with van der Waals surface area (Å²) in [6.45, 7) is 0.610. The first-order chi connectivity index (χ1) is 13.1. The lowest BCUT2D eigenvalue weighted by Gasteiger charge is -2.22. The minimum Gasteiger partial charge on any atom is -0.337 e. The normalized spacial score (nSPS) is 16.5. The van der Waals surface area contributed by atoms with Gasteiger partial charge in [0.15, 0.2) is 0 Å². The molecule has 0 radical (unpaired) electrons. The van der Waals surface area contributed by atoms with Crippen molar-refractivity contribution in [2.24, 2.45) is 0 Å². The lowest BCUT2D eigenvalue weighted by Crippen LogP contribution is -2.34. The molecule has 0 spiro atoms. The number of urea groups is 1. The van der Waals surface area contributed by atoms with Gasteiger partial charge in [0.25, 0.3) is 0 Å². The number of carbonyl (C=O) groups excluding carboxylic acids is 1. The van der Waals surface area contributed by atoms with Gasteiger partial charge in [0, 0.05) is 22.3 Å². The molecule has 6 nitrogen and oxygen atoms in total. The van der Waals surface area contributed by atoms with Crippen molar-refractivity contribution in [3.63, 3.8) is 0 Å². The Bertz CT molecular complexity index is 960. The van der Waals surface area contributed by atoms with Gasteiger partial charge in [-0.25, -0.2) is 9.18 Å². The molecule has 1 aliphatic rings. The average Bonchev–Trinajstić information content (AvgIpc) is 3.31. The van der Waals surface area contributed by atoms with Gasteiger partial charge < -0.3 is 14.7 Å². The number of halogens is 2. The van der Waals surface area contributed by atoms with E-state index in [9.17, 15) is 9.18 Å². The molecule has 138 valence electrons. The van der Waals surface area contributed by atoms with Crippen LogP contribution in [0.2, 0.25) is 0 Å². The fourth-order valence-electron chi connectivity index (χ4n) is 3.11. The van der Waals surface area contributed by atoms with Crippen molar-refractivity contribution in [1.29, 1.82) is 0 Å². The van der Waals surface area contributed by atoms with Crippen molar-refractivity contribution in [2.45, 2.75) is 18.9 Å². The predicted octanol–water partition coefficient (Wildman–Crippen LogP) is 5.01. The molecule has 0 aliphatic carbocycles. The molecule has 2 aromatic carbocycles. The maximum atomic E-state index is 13.1. The molecule has 0 bridgehead atoms. The number of nitrogens with zero attached hydrogens (tertiary/aromatic N) is 3. The molecule has 0 saturated carbocycles. The number of hydrogen-bond donors (Lipinski definition) is 1. The van der Waals surface area contributed by atoms with Gasteiger partial charge in [-0.2, -0.15) is 4.98 Å². The van der Waals surface area contributed by atoms with Crippen LogP contribution in [-0.4, -0.2) is 27.6 Å². The second-order valence-corrected chi connectivity index (χ2v) is 7.17. The van der Waals surface area contributed by atoms with Gasteiger partial charge in [-0.3, -0.25) is 0 Å². The highest BCUT2D eigenvalue weighted by molar-refractivity contribution is 9.10. The number of anilines is 1. The quantitative estimate of drug-likeness (QED) is 0.633. The van der Waals surface area contributed by atoms with E-state index in [2.05, 4.69) is 31.4 Å². The number of likely N-dealkylation sites (tertiary alicyclic amines) is 1. The number of nitrogens with one attached hydrogen (secondary N) is 1. The van der Waals surface area contributed by atoms with Crippen LogP contribution in [0.25, 0.3) is 11.4 Å². The molecule has 2 amide bonds. The summed E-state index contributed by atoms with van der Waals surface area (Å²) in [6.07, 6.45) is 1.60. The van der Waals surface area contributed by atoms with Crippen LogP contribution in [0.3, 0.4) is 0 Å². The third-order valence-corrected chi connectivity index (χ3v) is 4.91. The van der Waals surface area contributed by atoms with Gasteiger partial charge in [0.2, 0.25) is 11.7 Å². The smallest absolute Gasteiger partial charge is 0.322 e. The fraction of sp³-hybridized carbons (Fsp3) is 0.211. The molecule has 1 atom stereocenters. The molecule has 2 heterocycles. The van der Waals surface area contributed by atoms with E-state index >= 15 is 0 Å². The van der Waals surface area contributed by atoms with Crippen LogP contribution in [0, 0.1) is 5.82 Å². The van der Waals surface area contributed by atoms with E-state index in [1.165, 1.54) is 12.1 Å². The highest BCUT2D eigenvalue weighted by Crippen LogP contribution is 2.32. The first-order valence-electron chi connectivity index (χ1n) is 8.53. The highest BCUT2D eigenvalue weighted by Gasteiger charge is 2.34. The minimum absolute atomic E-state index is 0.211. The molecule has 1 aromatic heterocycles. The van der Waals surface area contributed by atoms with Gasteiger partial charge in [-0.15, -0.1) is 0 Å². The second-order valence-electron chi connectivity index (χ2n) is 6.26. The molecule has 8 heteroatoms. The van der Waals surface area contributed by atoms with Crippen molar-refractivity contribution in [3.8, 4) is 11.4 Å². The zero-order chi connectivity index (χ0) is 18.8. The van der Waals surface area contributed by atoms with Crippen molar-refractivity contribution < 1.29 is 13.7 Å². The van der Waals surface area contributed by atoms with E-state index in [4.69, 9.17) is 4.52 Å². The van der Waals surface area contributed by atoms with Gasteiger partial charge in [0.05, 0.1) is 0 Å². The van der Waals surface area contributed by atoms with Crippen LogP contribution in [-0.2, 0) is 0 Å². The maximum Gasteiger partial charge on any atom is 0.322 e. The number of carbonyl (C=O) groups is 1. The second kappa shape index (κ2) is 7.48. The summed E-state index contributed by atoms with van der Waals surface area (Å²) in [5, 5.41) is 6.87. The highest BCUT2D eigenvalue weighted by atomic mass is 79.9. The van der Waals surface area contributed by atoms with E-state index in [0.29, 0.717) is 29.5 Å². The summed E-state index contributed by atoms with van der Waals surface area (Å²) in [7, 11) is 0. The average molecular weight is 431 g/mol. The Morgan fingerprint density at radius 3 is 2.85 bits per heavy atom. The van der Waals surface area contributed by atoms with Crippen molar-refractivity contribution in [1.82, 2.24) is 15.0 Å². The van der Waals surface area contributed by atoms with E-state index < -0.39 is 0 Å². The largest absolute Gasteiger partial charge is 0.337 e. The zero-order valence-electron chi connectivity index (χ0n) is 14.2. The third-order valence-electron chi connectivity index (χ3n) is 4.42. The van der Waals surface area contributed by atoms with E-state index in [0.717, 1.165) is 17.3 Å². The Hall–Kier alpha value is -2.74. The molecule has 27 heavy (non-hydrogen) atoms. The Balaban J connectivity index is 1.51. The molecule has 1 unspecified atom stereocenters. The number of aromatic nitrogens is 2. The van der Waals surface area contributed by atoms with E-state index in [1.54, 1.807) is 17.0 Å². The van der Waals surface area contributed by atoms with Crippen LogP contribution >= 0.6 is 15.9 Å². The van der Waals surface area contributed by atoms with Crippen LogP contribution in [0.5, 0.6) is 0 Å². The first-order valence-corrected chi connectivity index (χ1v) is 9.32. The molecule has 4 rings (SSSR count). The van der Waals surface area contributed by atoms with Crippen LogP contribution in [0.15, 0.2) is 57.5 Å². The molecular weight excluding hydrogens is 415 g/mol. The van der Waals surface area contributed by atoms with Crippen LogP contribution in [0.1, 0.15) is 24.8 Å². The maximum absolute atomic E-state index is 13.1. The number of rotatable bonds is 3. The molecule has 1 aliphatic heterocycles. The van der Waals surface area contributed by atoms with Crippen LogP contribution in [0.4, 0.5) is 14.9 Å². The van der Waals surface area contributed by atoms with Gasteiger partial charge >= 0.3 is 6.03 Å². The Kier molecular flexibility index (Phi) is 4.89. The summed E-state index contributed by atoms with van der Waals surface area (Å²) in [5.74, 6) is 0.439. The van der Waals surface area contributed by atoms with E-state index in [1.807, 2.05) is 24.3 Å².